The first-order valence-corrected chi connectivity index (χ1v) is 6.53. The van der Waals surface area contributed by atoms with E-state index in [0.29, 0.717) is 30.1 Å². The number of nitrogens with two attached hydrogens (primary N) is 1. The molecule has 6 nitrogen and oxygen atoms in total. The fourth-order valence-electron chi connectivity index (χ4n) is 2.16. The zero-order chi connectivity index (χ0) is 14.8. The van der Waals surface area contributed by atoms with Crippen LogP contribution >= 0.6 is 0 Å². The summed E-state index contributed by atoms with van der Waals surface area (Å²) in [5, 5.41) is 3.10. The Hall–Kier alpha value is -2.54. The Morgan fingerprint density at radius 2 is 2.10 bits per heavy atom. The number of rotatable bonds is 4. The number of aromatic nitrogens is 4. The molecule has 0 aliphatic carbocycles. The quantitative estimate of drug-likeness (QED) is 0.712. The third-order valence-electron chi connectivity index (χ3n) is 3.22. The lowest BCUT2D eigenvalue weighted by Crippen LogP contribution is -2.06. The number of anilines is 1. The summed E-state index contributed by atoms with van der Waals surface area (Å²) in [7, 11) is 1.76. The molecule has 3 N–H and O–H groups in total. The second-order valence-corrected chi connectivity index (χ2v) is 4.75. The molecule has 2 aromatic heterocycles. The van der Waals surface area contributed by atoms with Gasteiger partial charge in [0.2, 0.25) is 0 Å². The average Bonchev–Trinajstić information content (AvgIpc) is 2.86. The number of hydrogen-bond acceptors (Lipinski definition) is 5. The number of imidazole rings is 1. The van der Waals surface area contributed by atoms with E-state index in [4.69, 9.17) is 5.73 Å². The molecule has 7 heteroatoms. The van der Waals surface area contributed by atoms with E-state index in [1.807, 2.05) is 24.3 Å². The summed E-state index contributed by atoms with van der Waals surface area (Å²) in [4.78, 5) is 11.7. The van der Waals surface area contributed by atoms with E-state index in [9.17, 15) is 4.39 Å². The Labute approximate surface area is 120 Å². The third kappa shape index (κ3) is 2.68. The summed E-state index contributed by atoms with van der Waals surface area (Å²) >= 11 is 0. The zero-order valence-corrected chi connectivity index (χ0v) is 11.5. The molecule has 0 amide bonds. The molecule has 0 radical (unpaired) electrons. The van der Waals surface area contributed by atoms with Crippen molar-refractivity contribution in [1.29, 1.82) is 0 Å². The third-order valence-corrected chi connectivity index (χ3v) is 3.22. The van der Waals surface area contributed by atoms with Gasteiger partial charge in [0.1, 0.15) is 0 Å². The number of halogens is 1. The van der Waals surface area contributed by atoms with Gasteiger partial charge < -0.3 is 15.6 Å². The van der Waals surface area contributed by atoms with Gasteiger partial charge in [-0.05, 0) is 11.1 Å². The van der Waals surface area contributed by atoms with E-state index in [-0.39, 0.29) is 0 Å². The van der Waals surface area contributed by atoms with E-state index in [1.165, 1.54) is 0 Å². The maximum absolute atomic E-state index is 13.5. The molecular weight excluding hydrogens is 271 g/mol. The van der Waals surface area contributed by atoms with Crippen LogP contribution in [0.4, 0.5) is 10.2 Å². The molecule has 0 saturated heterocycles. The largest absolute Gasteiger partial charge is 0.364 e. The number of aryl methyl sites for hydroxylation is 1. The summed E-state index contributed by atoms with van der Waals surface area (Å²) in [6, 6.07) is 7.88. The van der Waals surface area contributed by atoms with Crippen molar-refractivity contribution in [2.75, 3.05) is 5.32 Å². The van der Waals surface area contributed by atoms with Crippen LogP contribution in [0.5, 0.6) is 0 Å². The lowest BCUT2D eigenvalue weighted by atomic mass is 10.1. The molecule has 3 aromatic rings. The molecule has 0 bridgehead atoms. The maximum Gasteiger partial charge on any atom is 0.312 e. The van der Waals surface area contributed by atoms with E-state index in [2.05, 4.69) is 20.3 Å². The van der Waals surface area contributed by atoms with Crippen molar-refractivity contribution in [1.82, 2.24) is 19.5 Å². The zero-order valence-electron chi connectivity index (χ0n) is 11.5. The normalized spacial score (nSPS) is 11.0. The van der Waals surface area contributed by atoms with Crippen molar-refractivity contribution >= 4 is 17.0 Å². The molecule has 0 aliphatic rings. The van der Waals surface area contributed by atoms with Crippen LogP contribution in [0.2, 0.25) is 0 Å². The molecule has 1 aromatic carbocycles. The van der Waals surface area contributed by atoms with Gasteiger partial charge in [-0.25, -0.2) is 4.98 Å². The van der Waals surface area contributed by atoms with Crippen LogP contribution < -0.4 is 11.1 Å². The standard InChI is InChI=1S/C14H15FN6/c1-21-8-18-11-12(19-14(15)20-13(11)21)17-7-10-4-2-3-9(5-10)6-16/h2-5,8H,6-7,16H2,1H3,(H,17,19,20). The van der Waals surface area contributed by atoms with Crippen LogP contribution in [0.25, 0.3) is 11.2 Å². The molecule has 0 atom stereocenters. The Kier molecular flexibility index (Phi) is 3.49. The van der Waals surface area contributed by atoms with Gasteiger partial charge in [-0.15, -0.1) is 0 Å². The monoisotopic (exact) mass is 286 g/mol. The Balaban J connectivity index is 1.87. The van der Waals surface area contributed by atoms with E-state index < -0.39 is 6.08 Å². The molecule has 0 aliphatic heterocycles. The van der Waals surface area contributed by atoms with Gasteiger partial charge in [0.15, 0.2) is 17.0 Å². The van der Waals surface area contributed by atoms with Crippen LogP contribution in [-0.2, 0) is 20.1 Å². The molecule has 0 unspecified atom stereocenters. The van der Waals surface area contributed by atoms with Gasteiger partial charge in [-0.1, -0.05) is 24.3 Å². The highest BCUT2D eigenvalue weighted by Crippen LogP contribution is 2.18. The predicted octanol–water partition coefficient (Wildman–Crippen LogP) is 1.57. The first kappa shape index (κ1) is 13.4. The highest BCUT2D eigenvalue weighted by molar-refractivity contribution is 5.82. The van der Waals surface area contributed by atoms with E-state index in [0.717, 1.165) is 11.1 Å². The van der Waals surface area contributed by atoms with Gasteiger partial charge in [0.25, 0.3) is 0 Å². The number of hydrogen-bond donors (Lipinski definition) is 2. The topological polar surface area (TPSA) is 81.7 Å². The smallest absolute Gasteiger partial charge is 0.312 e. The molecule has 3 rings (SSSR count). The van der Waals surface area contributed by atoms with E-state index >= 15 is 0 Å². The van der Waals surface area contributed by atoms with E-state index in [1.54, 1.807) is 17.9 Å². The number of fused-ring (bicyclic) bond motifs is 1. The average molecular weight is 286 g/mol. The van der Waals surface area contributed by atoms with Gasteiger partial charge in [0, 0.05) is 20.1 Å². The fraction of sp³-hybridized carbons (Fsp3) is 0.214. The van der Waals surface area contributed by atoms with Crippen molar-refractivity contribution in [2.45, 2.75) is 13.1 Å². The second kappa shape index (κ2) is 5.45. The second-order valence-electron chi connectivity index (χ2n) is 4.75. The highest BCUT2D eigenvalue weighted by atomic mass is 19.1. The summed E-state index contributed by atoms with van der Waals surface area (Å²) in [5.74, 6) is 0.385. The molecule has 2 heterocycles. The molecule has 0 spiro atoms. The minimum absolute atomic E-state index is 0.385. The van der Waals surface area contributed by atoms with Crippen LogP contribution in [0, 0.1) is 6.08 Å². The molecular formula is C14H15FN6. The van der Waals surface area contributed by atoms with Crippen LogP contribution in [0.1, 0.15) is 11.1 Å². The van der Waals surface area contributed by atoms with Crippen molar-refractivity contribution in [3.05, 3.63) is 47.8 Å². The Morgan fingerprint density at radius 1 is 1.29 bits per heavy atom. The summed E-state index contributed by atoms with van der Waals surface area (Å²) in [6.45, 7) is 0.996. The summed E-state index contributed by atoms with van der Waals surface area (Å²) in [6.07, 6.45) is 0.809. The number of benzene rings is 1. The summed E-state index contributed by atoms with van der Waals surface area (Å²) in [5.41, 5.74) is 8.72. The molecule has 21 heavy (non-hydrogen) atoms. The van der Waals surface area contributed by atoms with Crippen LogP contribution in [-0.4, -0.2) is 19.5 Å². The van der Waals surface area contributed by atoms with Gasteiger partial charge in [-0.3, -0.25) is 0 Å². The molecule has 0 saturated carbocycles. The predicted molar refractivity (Wildman–Crippen MR) is 77.9 cm³/mol. The van der Waals surface area contributed by atoms with Gasteiger partial charge >= 0.3 is 6.08 Å². The SMILES string of the molecule is Cn1cnc2c(NCc3cccc(CN)c3)nc(F)nc21. The molecule has 108 valence electrons. The molecule has 0 fully saturated rings. The lowest BCUT2D eigenvalue weighted by molar-refractivity contribution is 0.543. The van der Waals surface area contributed by atoms with Gasteiger partial charge in [-0.2, -0.15) is 14.4 Å². The van der Waals surface area contributed by atoms with Crippen molar-refractivity contribution in [3.8, 4) is 0 Å². The number of nitrogens with one attached hydrogen (secondary N) is 1. The first-order chi connectivity index (χ1) is 10.2. The van der Waals surface area contributed by atoms with Gasteiger partial charge in [0.05, 0.1) is 6.33 Å². The minimum Gasteiger partial charge on any atom is -0.364 e. The summed E-state index contributed by atoms with van der Waals surface area (Å²) < 4.78 is 15.1. The van der Waals surface area contributed by atoms with Crippen LogP contribution in [0.3, 0.4) is 0 Å². The van der Waals surface area contributed by atoms with Crippen molar-refractivity contribution in [2.24, 2.45) is 12.8 Å². The first-order valence-electron chi connectivity index (χ1n) is 6.53. The number of nitrogens with zero attached hydrogens (tertiary/aromatic N) is 4. The fourth-order valence-corrected chi connectivity index (χ4v) is 2.16. The van der Waals surface area contributed by atoms with Crippen molar-refractivity contribution in [3.63, 3.8) is 0 Å². The minimum atomic E-state index is -0.774. The van der Waals surface area contributed by atoms with Crippen LogP contribution in [0.15, 0.2) is 30.6 Å². The Bertz CT molecular complexity index is 782. The highest BCUT2D eigenvalue weighted by Gasteiger charge is 2.11. The Morgan fingerprint density at radius 3 is 2.90 bits per heavy atom. The lowest BCUT2D eigenvalue weighted by Gasteiger charge is -2.07. The van der Waals surface area contributed by atoms with Crippen molar-refractivity contribution < 1.29 is 4.39 Å². The maximum atomic E-state index is 13.5.